The lowest BCUT2D eigenvalue weighted by Crippen LogP contribution is -2.48. The number of fused-ring (bicyclic) bond motifs is 1. The number of carbonyl (C=O) groups is 1. The van der Waals surface area contributed by atoms with Crippen LogP contribution in [-0.2, 0) is 21.2 Å². The molecule has 1 N–H and O–H groups in total. The topological polar surface area (TPSA) is 66.5 Å². The van der Waals surface area contributed by atoms with Crippen molar-refractivity contribution in [3.05, 3.63) is 59.9 Å². The third-order valence-electron chi connectivity index (χ3n) is 4.58. The zero-order chi connectivity index (χ0) is 19.6. The van der Waals surface area contributed by atoms with E-state index >= 15 is 0 Å². The number of halogens is 1. The van der Waals surface area contributed by atoms with Gasteiger partial charge in [0.25, 0.3) is 0 Å². The number of para-hydroxylation sites is 1. The zero-order valence-corrected chi connectivity index (χ0v) is 16.2. The Hall–Kier alpha value is -2.25. The Balaban J connectivity index is 1.86. The highest BCUT2D eigenvalue weighted by Gasteiger charge is 2.33. The van der Waals surface area contributed by atoms with Gasteiger partial charge in [-0.3, -0.25) is 4.79 Å². The Bertz CT molecular complexity index is 926. The molecule has 5 nitrogen and oxygen atoms in total. The molecule has 0 spiro atoms. The molecule has 0 unspecified atom stereocenters. The minimum atomic E-state index is -3.94. The maximum Gasteiger partial charge on any atom is 0.245 e. The van der Waals surface area contributed by atoms with Crippen LogP contribution in [0, 0.1) is 11.7 Å². The van der Waals surface area contributed by atoms with Crippen LogP contribution in [0.3, 0.4) is 0 Å². The number of nitrogens with one attached hydrogen (secondary N) is 1. The first-order valence-corrected chi connectivity index (χ1v) is 10.4. The first-order chi connectivity index (χ1) is 12.8. The van der Waals surface area contributed by atoms with Crippen LogP contribution in [-0.4, -0.2) is 26.9 Å². The Morgan fingerprint density at radius 3 is 2.48 bits per heavy atom. The van der Waals surface area contributed by atoms with E-state index in [1.165, 1.54) is 12.1 Å². The number of sulfonamides is 1. The summed E-state index contributed by atoms with van der Waals surface area (Å²) in [6, 6.07) is 11.3. The molecule has 1 aliphatic heterocycles. The van der Waals surface area contributed by atoms with Crippen LogP contribution in [0.15, 0.2) is 53.4 Å². The zero-order valence-electron chi connectivity index (χ0n) is 15.4. The SMILES string of the molecule is CC(C)C[C@@H](NS(=O)(=O)c1ccc(F)cc1)C(=O)N1CCc2ccccc21. The van der Waals surface area contributed by atoms with Crippen LogP contribution < -0.4 is 9.62 Å². The van der Waals surface area contributed by atoms with E-state index in [1.807, 2.05) is 38.1 Å². The smallest absolute Gasteiger partial charge is 0.245 e. The summed E-state index contributed by atoms with van der Waals surface area (Å²) < 4.78 is 41.0. The van der Waals surface area contributed by atoms with Gasteiger partial charge in [0, 0.05) is 12.2 Å². The molecule has 3 rings (SSSR count). The summed E-state index contributed by atoms with van der Waals surface area (Å²) in [5.74, 6) is -0.663. The van der Waals surface area contributed by atoms with Crippen molar-refractivity contribution in [3.63, 3.8) is 0 Å². The number of hydrogen-bond donors (Lipinski definition) is 1. The van der Waals surface area contributed by atoms with Crippen LogP contribution in [0.5, 0.6) is 0 Å². The highest BCUT2D eigenvalue weighted by Crippen LogP contribution is 2.29. The molecule has 0 radical (unpaired) electrons. The molecule has 0 bridgehead atoms. The van der Waals surface area contributed by atoms with E-state index in [0.29, 0.717) is 13.0 Å². The third kappa shape index (κ3) is 4.36. The normalized spacial score (nSPS) is 15.0. The van der Waals surface area contributed by atoms with Crippen molar-refractivity contribution in [1.29, 1.82) is 0 Å². The van der Waals surface area contributed by atoms with Crippen LogP contribution in [0.4, 0.5) is 10.1 Å². The van der Waals surface area contributed by atoms with Gasteiger partial charge in [-0.05, 0) is 54.7 Å². The van der Waals surface area contributed by atoms with Gasteiger partial charge in [-0.1, -0.05) is 32.0 Å². The molecule has 0 aromatic heterocycles. The molecule has 0 aliphatic carbocycles. The van der Waals surface area contributed by atoms with Crippen molar-refractivity contribution in [2.75, 3.05) is 11.4 Å². The van der Waals surface area contributed by atoms with Gasteiger partial charge in [0.05, 0.1) is 4.90 Å². The van der Waals surface area contributed by atoms with Gasteiger partial charge in [0.15, 0.2) is 0 Å². The van der Waals surface area contributed by atoms with Crippen LogP contribution >= 0.6 is 0 Å². The van der Waals surface area contributed by atoms with Crippen molar-refractivity contribution in [2.24, 2.45) is 5.92 Å². The number of rotatable bonds is 6. The van der Waals surface area contributed by atoms with Crippen LogP contribution in [0.25, 0.3) is 0 Å². The predicted molar refractivity (Wildman–Crippen MR) is 102 cm³/mol. The summed E-state index contributed by atoms with van der Waals surface area (Å²) in [5.41, 5.74) is 1.91. The molecule has 0 fully saturated rings. The summed E-state index contributed by atoms with van der Waals surface area (Å²) in [5, 5.41) is 0. The predicted octanol–water partition coefficient (Wildman–Crippen LogP) is 3.11. The molecule has 2 aromatic carbocycles. The second-order valence-corrected chi connectivity index (χ2v) is 8.84. The number of amides is 1. The average Bonchev–Trinajstić information content (AvgIpc) is 3.04. The van der Waals surface area contributed by atoms with Gasteiger partial charge in [-0.25, -0.2) is 12.8 Å². The molecule has 1 atom stereocenters. The van der Waals surface area contributed by atoms with E-state index in [4.69, 9.17) is 0 Å². The molecule has 0 saturated carbocycles. The largest absolute Gasteiger partial charge is 0.310 e. The quantitative estimate of drug-likeness (QED) is 0.824. The summed E-state index contributed by atoms with van der Waals surface area (Å²) in [7, 11) is -3.94. The Kier molecular flexibility index (Phi) is 5.62. The number of hydrogen-bond acceptors (Lipinski definition) is 3. The molecular formula is C20H23FN2O3S. The van der Waals surface area contributed by atoms with Crippen molar-refractivity contribution in [3.8, 4) is 0 Å². The number of benzene rings is 2. The molecule has 0 saturated heterocycles. The minimum absolute atomic E-state index is 0.0627. The molecular weight excluding hydrogens is 367 g/mol. The number of carbonyl (C=O) groups excluding carboxylic acids is 1. The number of anilines is 1. The van der Waals surface area contributed by atoms with E-state index in [1.54, 1.807) is 4.90 Å². The molecule has 1 amide bonds. The lowest BCUT2D eigenvalue weighted by Gasteiger charge is -2.26. The van der Waals surface area contributed by atoms with Crippen molar-refractivity contribution in [2.45, 2.75) is 37.6 Å². The summed E-state index contributed by atoms with van der Waals surface area (Å²) in [6.07, 6.45) is 1.12. The molecule has 7 heteroatoms. The lowest BCUT2D eigenvalue weighted by molar-refractivity contribution is -0.120. The first kappa shape index (κ1) is 19.5. The fourth-order valence-corrected chi connectivity index (χ4v) is 4.50. The number of nitrogens with zero attached hydrogens (tertiary/aromatic N) is 1. The van der Waals surface area contributed by atoms with Gasteiger partial charge in [0.2, 0.25) is 15.9 Å². The van der Waals surface area contributed by atoms with E-state index in [-0.39, 0.29) is 16.7 Å². The first-order valence-electron chi connectivity index (χ1n) is 8.95. The maximum absolute atomic E-state index is 13.1. The molecule has 1 heterocycles. The fourth-order valence-electron chi connectivity index (χ4n) is 3.30. The highest BCUT2D eigenvalue weighted by atomic mass is 32.2. The van der Waals surface area contributed by atoms with E-state index < -0.39 is 21.9 Å². The Morgan fingerprint density at radius 2 is 1.81 bits per heavy atom. The Labute approximate surface area is 159 Å². The standard InChI is InChI=1S/C20H23FN2O3S/c1-14(2)13-18(22-27(25,26)17-9-7-16(21)8-10-17)20(24)23-12-11-15-5-3-4-6-19(15)23/h3-10,14,18,22H,11-13H2,1-2H3/t18-/m1/s1. The van der Waals surface area contributed by atoms with Crippen LogP contribution in [0.2, 0.25) is 0 Å². The van der Waals surface area contributed by atoms with Crippen molar-refractivity contribution in [1.82, 2.24) is 4.72 Å². The van der Waals surface area contributed by atoms with Crippen molar-refractivity contribution >= 4 is 21.6 Å². The second kappa shape index (κ2) is 7.78. The van der Waals surface area contributed by atoms with Gasteiger partial charge in [-0.2, -0.15) is 4.72 Å². The fraction of sp³-hybridized carbons (Fsp3) is 0.350. The van der Waals surface area contributed by atoms with Gasteiger partial charge >= 0.3 is 0 Å². The summed E-state index contributed by atoms with van der Waals surface area (Å²) in [6.45, 7) is 4.40. The van der Waals surface area contributed by atoms with Crippen LogP contribution in [0.1, 0.15) is 25.8 Å². The van der Waals surface area contributed by atoms with E-state index in [2.05, 4.69) is 4.72 Å². The Morgan fingerprint density at radius 1 is 1.15 bits per heavy atom. The van der Waals surface area contributed by atoms with E-state index in [0.717, 1.165) is 29.8 Å². The molecule has 1 aliphatic rings. The summed E-state index contributed by atoms with van der Waals surface area (Å²) >= 11 is 0. The molecule has 144 valence electrons. The molecule has 27 heavy (non-hydrogen) atoms. The summed E-state index contributed by atoms with van der Waals surface area (Å²) in [4.78, 5) is 14.7. The van der Waals surface area contributed by atoms with E-state index in [9.17, 15) is 17.6 Å². The second-order valence-electron chi connectivity index (χ2n) is 7.13. The minimum Gasteiger partial charge on any atom is -0.310 e. The van der Waals surface area contributed by atoms with Gasteiger partial charge in [-0.15, -0.1) is 0 Å². The van der Waals surface area contributed by atoms with Crippen molar-refractivity contribution < 1.29 is 17.6 Å². The molecule has 2 aromatic rings. The van der Waals surface area contributed by atoms with Gasteiger partial charge < -0.3 is 4.90 Å². The van der Waals surface area contributed by atoms with Gasteiger partial charge in [0.1, 0.15) is 11.9 Å². The lowest BCUT2D eigenvalue weighted by atomic mass is 10.0. The third-order valence-corrected chi connectivity index (χ3v) is 6.07. The monoisotopic (exact) mass is 390 g/mol. The maximum atomic E-state index is 13.1. The highest BCUT2D eigenvalue weighted by molar-refractivity contribution is 7.89. The average molecular weight is 390 g/mol.